The minimum atomic E-state index is -1.23. The number of methoxy groups -OCH3 is 2. The Labute approximate surface area is 255 Å². The molecule has 14 heteroatoms. The number of unbranched alkanes of at least 4 members (excludes halogenated alkanes) is 2. The molecule has 4 amide bonds. The number of carbonyl (C=O) groups is 6. The number of hydrogen-bond acceptors (Lipinski definition) is 10. The van der Waals surface area contributed by atoms with Crippen molar-refractivity contribution >= 4 is 36.1 Å². The first-order valence-electron chi connectivity index (χ1n) is 14.2. The largest absolute Gasteiger partial charge is 0.469 e. The Hall–Kier alpha value is -4.72. The van der Waals surface area contributed by atoms with Crippen molar-refractivity contribution in [2.75, 3.05) is 20.9 Å². The summed E-state index contributed by atoms with van der Waals surface area (Å²) in [6, 6.07) is 7.22. The van der Waals surface area contributed by atoms with Gasteiger partial charge in [0.25, 0.3) is 11.8 Å². The van der Waals surface area contributed by atoms with Crippen molar-refractivity contribution < 1.29 is 47.9 Å². The van der Waals surface area contributed by atoms with Gasteiger partial charge in [0.1, 0.15) is 11.8 Å². The first-order valence-corrected chi connectivity index (χ1v) is 14.2. The average Bonchev–Trinajstić information content (AvgIpc) is 3.54. The van der Waals surface area contributed by atoms with E-state index in [0.717, 1.165) is 33.5 Å². The Morgan fingerprint density at radius 3 is 2.25 bits per heavy atom. The van der Waals surface area contributed by atoms with Crippen LogP contribution in [0.4, 0.5) is 0 Å². The van der Waals surface area contributed by atoms with Crippen LogP contribution in [0.2, 0.25) is 0 Å². The van der Waals surface area contributed by atoms with Crippen LogP contribution in [0, 0.1) is 5.92 Å². The lowest BCUT2D eigenvalue weighted by molar-refractivity contribution is -0.168. The molecule has 3 atom stereocenters. The molecule has 0 aliphatic carbocycles. The summed E-state index contributed by atoms with van der Waals surface area (Å²) in [6.45, 7) is 3.59. The molecule has 0 aliphatic rings. The Kier molecular flexibility index (Phi) is 14.6. The van der Waals surface area contributed by atoms with E-state index < -0.39 is 54.1 Å². The van der Waals surface area contributed by atoms with Crippen LogP contribution in [-0.2, 0) is 28.7 Å². The van der Waals surface area contributed by atoms with Gasteiger partial charge in [0.15, 0.2) is 5.76 Å². The number of hydrogen-bond donors (Lipinski definition) is 4. The zero-order valence-corrected chi connectivity index (χ0v) is 25.3. The number of benzene rings is 1. The van der Waals surface area contributed by atoms with Crippen molar-refractivity contribution in [1.82, 2.24) is 21.0 Å². The molecular formula is C30H40N4O10. The number of hydroxylamine groups is 2. The summed E-state index contributed by atoms with van der Waals surface area (Å²) >= 11 is 0. The standard InChI is InChI=1S/C30H40N4O10/c1-5-7-8-9-21(23(6-2)34(41)18-35)28(38)31-17-32-29(39)25-15-14-24(44-25)19-10-12-20(13-11-19)27(37)33-22(30(40)43-4)16-26(36)42-3/h10-15,18,21-23,41H,5-9,16-17H2,1-4H3,(H,31,38)(H,32,39)(H,33,37)/t21-,22+,23-/m1/s1. The number of ether oxygens (including phenoxy) is 2. The van der Waals surface area contributed by atoms with Gasteiger partial charge in [0.2, 0.25) is 12.3 Å². The molecule has 0 saturated heterocycles. The predicted molar refractivity (Wildman–Crippen MR) is 156 cm³/mol. The molecule has 2 rings (SSSR count). The van der Waals surface area contributed by atoms with Gasteiger partial charge in [-0.05, 0) is 37.1 Å². The first-order chi connectivity index (χ1) is 21.1. The molecule has 0 bridgehead atoms. The van der Waals surface area contributed by atoms with Crippen LogP contribution >= 0.6 is 0 Å². The smallest absolute Gasteiger partial charge is 0.328 e. The maximum atomic E-state index is 12.9. The van der Waals surface area contributed by atoms with Crippen molar-refractivity contribution in [2.24, 2.45) is 5.92 Å². The highest BCUT2D eigenvalue weighted by Gasteiger charge is 2.31. The molecule has 0 saturated carbocycles. The molecule has 240 valence electrons. The van der Waals surface area contributed by atoms with Crippen molar-refractivity contribution in [3.05, 3.63) is 47.7 Å². The highest BCUT2D eigenvalue weighted by molar-refractivity contribution is 5.98. The van der Waals surface area contributed by atoms with Crippen LogP contribution < -0.4 is 16.0 Å². The second-order valence-electron chi connectivity index (χ2n) is 9.86. The quantitative estimate of drug-likeness (QED) is 0.0483. The first kappa shape index (κ1) is 35.5. The third-order valence-corrected chi connectivity index (χ3v) is 6.95. The van der Waals surface area contributed by atoms with Crippen LogP contribution in [0.25, 0.3) is 11.3 Å². The van der Waals surface area contributed by atoms with E-state index in [0.29, 0.717) is 29.2 Å². The molecule has 1 heterocycles. The van der Waals surface area contributed by atoms with Gasteiger partial charge in [-0.2, -0.15) is 0 Å². The topological polar surface area (TPSA) is 194 Å². The van der Waals surface area contributed by atoms with Gasteiger partial charge in [0, 0.05) is 11.1 Å². The number of nitrogens with zero attached hydrogens (tertiary/aromatic N) is 1. The van der Waals surface area contributed by atoms with Gasteiger partial charge >= 0.3 is 11.9 Å². The predicted octanol–water partition coefficient (Wildman–Crippen LogP) is 2.41. The zero-order chi connectivity index (χ0) is 32.6. The molecule has 14 nitrogen and oxygen atoms in total. The summed E-state index contributed by atoms with van der Waals surface area (Å²) in [7, 11) is 2.30. The molecule has 0 unspecified atom stereocenters. The van der Waals surface area contributed by atoms with Gasteiger partial charge in [-0.1, -0.05) is 45.2 Å². The van der Waals surface area contributed by atoms with E-state index in [-0.39, 0.29) is 24.4 Å². The summed E-state index contributed by atoms with van der Waals surface area (Å²) in [5.41, 5.74) is 0.751. The van der Waals surface area contributed by atoms with E-state index in [1.54, 1.807) is 25.1 Å². The average molecular weight is 617 g/mol. The molecule has 0 fully saturated rings. The number of amides is 4. The van der Waals surface area contributed by atoms with Gasteiger partial charge < -0.3 is 29.8 Å². The van der Waals surface area contributed by atoms with Crippen molar-refractivity contribution in [1.29, 1.82) is 0 Å². The maximum absolute atomic E-state index is 12.9. The SMILES string of the molecule is CCCCC[C@@H](C(=O)NCNC(=O)c1ccc(-c2ccc(C(=O)N[C@@H](CC(=O)OC)C(=O)OC)cc2)o1)[C@@H](CC)N(O)C=O. The second kappa shape index (κ2) is 18.1. The highest BCUT2D eigenvalue weighted by Crippen LogP contribution is 2.23. The van der Waals surface area contributed by atoms with Crippen LogP contribution in [0.3, 0.4) is 0 Å². The molecular weight excluding hydrogens is 576 g/mol. The lowest BCUT2D eigenvalue weighted by atomic mass is 9.90. The van der Waals surface area contributed by atoms with Crippen molar-refractivity contribution in [3.8, 4) is 11.3 Å². The Bertz CT molecular complexity index is 1280. The third kappa shape index (κ3) is 10.2. The number of esters is 2. The third-order valence-electron chi connectivity index (χ3n) is 6.95. The van der Waals surface area contributed by atoms with E-state index in [9.17, 15) is 34.0 Å². The van der Waals surface area contributed by atoms with Crippen LogP contribution in [-0.4, -0.2) is 79.3 Å². The summed E-state index contributed by atoms with van der Waals surface area (Å²) in [5.74, 6) is -3.43. The molecule has 0 radical (unpaired) electrons. The highest BCUT2D eigenvalue weighted by atomic mass is 16.5. The number of nitrogens with one attached hydrogen (secondary N) is 3. The second-order valence-corrected chi connectivity index (χ2v) is 9.86. The van der Waals surface area contributed by atoms with Gasteiger partial charge in [-0.25, -0.2) is 9.86 Å². The lowest BCUT2D eigenvalue weighted by Crippen LogP contribution is -2.47. The fourth-order valence-electron chi connectivity index (χ4n) is 4.50. The number of carbonyl (C=O) groups excluding carboxylic acids is 6. The van der Waals surface area contributed by atoms with E-state index in [1.165, 1.54) is 18.2 Å². The van der Waals surface area contributed by atoms with E-state index in [1.807, 2.05) is 6.92 Å². The Morgan fingerprint density at radius 2 is 1.66 bits per heavy atom. The number of furan rings is 1. The van der Waals surface area contributed by atoms with Gasteiger partial charge in [-0.3, -0.25) is 29.2 Å². The number of rotatable bonds is 18. The van der Waals surface area contributed by atoms with Gasteiger partial charge in [-0.15, -0.1) is 0 Å². The minimum Gasteiger partial charge on any atom is -0.469 e. The van der Waals surface area contributed by atoms with Crippen molar-refractivity contribution in [2.45, 2.75) is 64.5 Å². The molecule has 44 heavy (non-hydrogen) atoms. The van der Waals surface area contributed by atoms with Crippen LogP contribution in [0.5, 0.6) is 0 Å². The Balaban J connectivity index is 1.99. The Morgan fingerprint density at radius 1 is 0.955 bits per heavy atom. The molecule has 0 spiro atoms. The fourth-order valence-corrected chi connectivity index (χ4v) is 4.50. The summed E-state index contributed by atoms with van der Waals surface area (Å²) < 4.78 is 14.8. The van der Waals surface area contributed by atoms with Crippen LogP contribution in [0.15, 0.2) is 40.8 Å². The minimum absolute atomic E-state index is 0.0202. The summed E-state index contributed by atoms with van der Waals surface area (Å²) in [5, 5.41) is 18.1. The van der Waals surface area contributed by atoms with E-state index in [4.69, 9.17) is 4.42 Å². The van der Waals surface area contributed by atoms with E-state index in [2.05, 4.69) is 25.4 Å². The van der Waals surface area contributed by atoms with E-state index >= 15 is 0 Å². The normalized spacial score (nSPS) is 12.7. The molecule has 1 aromatic carbocycles. The monoisotopic (exact) mass is 616 g/mol. The lowest BCUT2D eigenvalue weighted by Gasteiger charge is -2.29. The zero-order valence-electron chi connectivity index (χ0n) is 25.3. The van der Waals surface area contributed by atoms with Gasteiger partial charge in [0.05, 0.1) is 39.3 Å². The maximum Gasteiger partial charge on any atom is 0.328 e. The summed E-state index contributed by atoms with van der Waals surface area (Å²) in [4.78, 5) is 72.8. The fraction of sp³-hybridized carbons (Fsp3) is 0.467. The van der Waals surface area contributed by atoms with Crippen LogP contribution in [0.1, 0.15) is 73.3 Å². The molecule has 2 aromatic rings. The molecule has 1 aromatic heterocycles. The molecule has 0 aliphatic heterocycles. The molecule has 4 N–H and O–H groups in total. The summed E-state index contributed by atoms with van der Waals surface area (Å²) in [6.07, 6.45) is 3.31. The van der Waals surface area contributed by atoms with Crippen molar-refractivity contribution in [3.63, 3.8) is 0 Å².